The first kappa shape index (κ1) is 15.7. The summed E-state index contributed by atoms with van der Waals surface area (Å²) in [5.74, 6) is -1.25. The zero-order valence-corrected chi connectivity index (χ0v) is 10.9. The molecule has 1 rings (SSSR count). The second-order valence-electron chi connectivity index (χ2n) is 4.39. The topological polar surface area (TPSA) is 12.0 Å². The molecule has 0 fully saturated rings. The predicted molar refractivity (Wildman–Crippen MR) is 67.3 cm³/mol. The van der Waals surface area contributed by atoms with Gasteiger partial charge in [-0.3, -0.25) is 0 Å². The second kappa shape index (κ2) is 6.19. The molecule has 1 unspecified atom stereocenters. The van der Waals surface area contributed by atoms with Crippen LogP contribution in [0.2, 0.25) is 0 Å². The van der Waals surface area contributed by atoms with E-state index in [1.165, 1.54) is 6.07 Å². The largest absolute Gasteiger partial charge is 0.419 e. The van der Waals surface area contributed by atoms with E-state index in [0.29, 0.717) is 12.0 Å². The molecule has 1 aromatic rings. The first-order valence-electron chi connectivity index (χ1n) is 6.00. The van der Waals surface area contributed by atoms with Crippen molar-refractivity contribution in [3.05, 3.63) is 47.3 Å². The Balaban J connectivity index is 3.09. The summed E-state index contributed by atoms with van der Waals surface area (Å²) in [5, 5.41) is 2.93. The molecule has 0 radical (unpaired) electrons. The normalized spacial score (nSPS) is 13.4. The van der Waals surface area contributed by atoms with Crippen LogP contribution >= 0.6 is 0 Å². The molecule has 1 atom stereocenters. The molecule has 1 N–H and O–H groups in total. The average Bonchev–Trinajstić information content (AvgIpc) is 2.35. The molecule has 0 spiro atoms. The van der Waals surface area contributed by atoms with Crippen LogP contribution < -0.4 is 5.32 Å². The highest BCUT2D eigenvalue weighted by atomic mass is 19.4. The third-order valence-corrected chi connectivity index (χ3v) is 3.04. The van der Waals surface area contributed by atoms with E-state index in [-0.39, 0.29) is 6.04 Å². The van der Waals surface area contributed by atoms with Crippen LogP contribution in [-0.4, -0.2) is 7.05 Å². The third kappa shape index (κ3) is 4.06. The SMILES string of the molecule is C=C(CC)CC(NC)c1ccc(F)c(C(F)(F)F)c1. The number of hydrogen-bond donors (Lipinski definition) is 1. The van der Waals surface area contributed by atoms with Crippen LogP contribution in [-0.2, 0) is 6.18 Å². The molecule has 0 amide bonds. The van der Waals surface area contributed by atoms with E-state index in [4.69, 9.17) is 0 Å². The Bertz CT molecular complexity index is 451. The number of benzene rings is 1. The van der Waals surface area contributed by atoms with E-state index in [1.54, 1.807) is 7.05 Å². The summed E-state index contributed by atoms with van der Waals surface area (Å²) in [5.41, 5.74) is 0.107. The van der Waals surface area contributed by atoms with Gasteiger partial charge < -0.3 is 5.32 Å². The molecule has 0 saturated carbocycles. The van der Waals surface area contributed by atoms with Crippen molar-refractivity contribution in [2.45, 2.75) is 32.0 Å². The molecule has 1 nitrogen and oxygen atoms in total. The fourth-order valence-corrected chi connectivity index (χ4v) is 1.80. The van der Waals surface area contributed by atoms with E-state index < -0.39 is 17.6 Å². The Hall–Kier alpha value is -1.36. The molecule has 0 aliphatic heterocycles. The van der Waals surface area contributed by atoms with Gasteiger partial charge in [-0.05, 0) is 37.6 Å². The molecule has 0 heterocycles. The van der Waals surface area contributed by atoms with Gasteiger partial charge in [-0.15, -0.1) is 0 Å². The van der Waals surface area contributed by atoms with Gasteiger partial charge in [0.15, 0.2) is 0 Å². The van der Waals surface area contributed by atoms with E-state index in [2.05, 4.69) is 11.9 Å². The summed E-state index contributed by atoms with van der Waals surface area (Å²) < 4.78 is 51.1. The number of rotatable bonds is 5. The van der Waals surface area contributed by atoms with Gasteiger partial charge in [0.25, 0.3) is 0 Å². The number of halogens is 4. The molecule has 0 bridgehead atoms. The Labute approximate surface area is 110 Å². The highest BCUT2D eigenvalue weighted by molar-refractivity contribution is 5.30. The summed E-state index contributed by atoms with van der Waals surface area (Å²) in [4.78, 5) is 0. The first-order chi connectivity index (χ1) is 8.79. The van der Waals surface area contributed by atoms with Crippen molar-refractivity contribution < 1.29 is 17.6 Å². The predicted octanol–water partition coefficient (Wildman–Crippen LogP) is 4.46. The molecule has 1 aromatic carbocycles. The summed E-state index contributed by atoms with van der Waals surface area (Å²) in [6.07, 6.45) is -3.40. The number of hydrogen-bond acceptors (Lipinski definition) is 1. The molecule has 0 aromatic heterocycles. The average molecular weight is 275 g/mol. The molecule has 19 heavy (non-hydrogen) atoms. The van der Waals surface area contributed by atoms with Gasteiger partial charge in [0, 0.05) is 6.04 Å². The van der Waals surface area contributed by atoms with Crippen LogP contribution in [0.15, 0.2) is 30.4 Å². The Morgan fingerprint density at radius 1 is 1.37 bits per heavy atom. The zero-order chi connectivity index (χ0) is 14.6. The maximum atomic E-state index is 13.2. The van der Waals surface area contributed by atoms with Gasteiger partial charge >= 0.3 is 6.18 Å². The molecule has 0 aliphatic rings. The molecule has 0 saturated heterocycles. The Morgan fingerprint density at radius 3 is 2.47 bits per heavy atom. The van der Waals surface area contributed by atoms with E-state index >= 15 is 0 Å². The lowest BCUT2D eigenvalue weighted by molar-refractivity contribution is -0.140. The van der Waals surface area contributed by atoms with Gasteiger partial charge in [-0.25, -0.2) is 4.39 Å². The van der Waals surface area contributed by atoms with Crippen LogP contribution in [0, 0.1) is 5.82 Å². The monoisotopic (exact) mass is 275 g/mol. The van der Waals surface area contributed by atoms with Crippen molar-refractivity contribution in [1.29, 1.82) is 0 Å². The van der Waals surface area contributed by atoms with Gasteiger partial charge in [0.05, 0.1) is 5.56 Å². The lowest BCUT2D eigenvalue weighted by atomic mass is 9.97. The highest BCUT2D eigenvalue weighted by Gasteiger charge is 2.34. The summed E-state index contributed by atoms with van der Waals surface area (Å²) in [6, 6.07) is 2.79. The molecule has 0 aliphatic carbocycles. The van der Waals surface area contributed by atoms with Crippen LogP contribution in [0.25, 0.3) is 0 Å². The highest BCUT2D eigenvalue weighted by Crippen LogP contribution is 2.33. The maximum Gasteiger partial charge on any atom is 0.419 e. The minimum absolute atomic E-state index is 0.297. The van der Waals surface area contributed by atoms with Crippen LogP contribution in [0.1, 0.15) is 36.9 Å². The van der Waals surface area contributed by atoms with E-state index in [1.807, 2.05) is 6.92 Å². The van der Waals surface area contributed by atoms with Gasteiger partial charge in [0.1, 0.15) is 5.82 Å². The second-order valence-corrected chi connectivity index (χ2v) is 4.39. The van der Waals surface area contributed by atoms with E-state index in [0.717, 1.165) is 24.1 Å². The fourth-order valence-electron chi connectivity index (χ4n) is 1.80. The van der Waals surface area contributed by atoms with Crippen molar-refractivity contribution >= 4 is 0 Å². The Kier molecular flexibility index (Phi) is 5.11. The molecule has 106 valence electrons. The quantitative estimate of drug-likeness (QED) is 0.618. The zero-order valence-electron chi connectivity index (χ0n) is 10.9. The summed E-state index contributed by atoms with van der Waals surface area (Å²) in [7, 11) is 1.66. The smallest absolute Gasteiger partial charge is 0.313 e. The van der Waals surface area contributed by atoms with Crippen LogP contribution in [0.5, 0.6) is 0 Å². The summed E-state index contributed by atoms with van der Waals surface area (Å²) in [6.45, 7) is 5.77. The van der Waals surface area contributed by atoms with Gasteiger partial charge in [-0.1, -0.05) is 25.1 Å². The van der Waals surface area contributed by atoms with E-state index in [9.17, 15) is 17.6 Å². The van der Waals surface area contributed by atoms with Crippen LogP contribution in [0.3, 0.4) is 0 Å². The molecular formula is C14H17F4N. The fraction of sp³-hybridized carbons (Fsp3) is 0.429. The summed E-state index contributed by atoms with van der Waals surface area (Å²) >= 11 is 0. The lowest BCUT2D eigenvalue weighted by Gasteiger charge is -2.19. The van der Waals surface area contributed by atoms with Crippen molar-refractivity contribution in [1.82, 2.24) is 5.32 Å². The van der Waals surface area contributed by atoms with Crippen molar-refractivity contribution in [2.75, 3.05) is 7.05 Å². The standard InChI is InChI=1S/C14H17F4N/c1-4-9(2)7-13(19-3)10-5-6-12(15)11(8-10)14(16,17)18/h5-6,8,13,19H,2,4,7H2,1,3H3. The molecular weight excluding hydrogens is 258 g/mol. The lowest BCUT2D eigenvalue weighted by Crippen LogP contribution is -2.18. The number of nitrogens with one attached hydrogen (secondary N) is 1. The third-order valence-electron chi connectivity index (χ3n) is 3.04. The maximum absolute atomic E-state index is 13.2. The number of alkyl halides is 3. The van der Waals surface area contributed by atoms with Gasteiger partial charge in [-0.2, -0.15) is 13.2 Å². The van der Waals surface area contributed by atoms with Gasteiger partial charge in [0.2, 0.25) is 0 Å². The minimum Gasteiger partial charge on any atom is -0.313 e. The first-order valence-corrected chi connectivity index (χ1v) is 6.00. The van der Waals surface area contributed by atoms with Crippen molar-refractivity contribution in [3.8, 4) is 0 Å². The molecule has 5 heteroatoms. The van der Waals surface area contributed by atoms with Crippen molar-refractivity contribution in [3.63, 3.8) is 0 Å². The van der Waals surface area contributed by atoms with Crippen molar-refractivity contribution in [2.24, 2.45) is 0 Å². The van der Waals surface area contributed by atoms with Crippen LogP contribution in [0.4, 0.5) is 17.6 Å². The Morgan fingerprint density at radius 2 is 2.00 bits per heavy atom. The minimum atomic E-state index is -4.68.